The molecule has 0 saturated heterocycles. The maximum Gasteiger partial charge on any atom is 0.344 e. The van der Waals surface area contributed by atoms with Crippen molar-refractivity contribution in [2.24, 2.45) is 5.10 Å². The van der Waals surface area contributed by atoms with E-state index in [4.69, 9.17) is 0 Å². The zero-order valence-electron chi connectivity index (χ0n) is 11.0. The molecule has 3 nitrogen and oxygen atoms in total. The highest BCUT2D eigenvalue weighted by Crippen LogP contribution is 2.42. The first-order valence-electron chi connectivity index (χ1n) is 6.32. The SMILES string of the molecule is OC1(c2cccc(Br)c2)NN=C(c2cccc(Br)c2)C1(F)F. The summed E-state index contributed by atoms with van der Waals surface area (Å²) in [6, 6.07) is 12.5. The van der Waals surface area contributed by atoms with Gasteiger partial charge in [0, 0.05) is 20.1 Å². The summed E-state index contributed by atoms with van der Waals surface area (Å²) in [6.07, 6.45) is 0. The maximum absolute atomic E-state index is 14.8. The lowest BCUT2D eigenvalue weighted by atomic mass is 9.91. The molecule has 114 valence electrons. The molecule has 0 bridgehead atoms. The summed E-state index contributed by atoms with van der Waals surface area (Å²) >= 11 is 6.45. The van der Waals surface area contributed by atoms with Crippen LogP contribution in [0.1, 0.15) is 11.1 Å². The average Bonchev–Trinajstić information content (AvgIpc) is 2.70. The zero-order valence-corrected chi connectivity index (χ0v) is 14.2. The third-order valence-electron chi connectivity index (χ3n) is 3.42. The number of alkyl halides is 2. The van der Waals surface area contributed by atoms with E-state index >= 15 is 0 Å². The fourth-order valence-electron chi connectivity index (χ4n) is 2.29. The van der Waals surface area contributed by atoms with Crippen LogP contribution in [0.4, 0.5) is 8.78 Å². The van der Waals surface area contributed by atoms with Crippen LogP contribution in [-0.2, 0) is 5.72 Å². The van der Waals surface area contributed by atoms with Crippen LogP contribution < -0.4 is 5.43 Å². The molecule has 1 aliphatic heterocycles. The number of nitrogens with one attached hydrogen (secondary N) is 1. The Morgan fingerprint density at radius 2 is 1.64 bits per heavy atom. The van der Waals surface area contributed by atoms with Crippen LogP contribution in [-0.4, -0.2) is 16.7 Å². The van der Waals surface area contributed by atoms with E-state index in [2.05, 4.69) is 42.4 Å². The molecule has 1 aliphatic rings. The van der Waals surface area contributed by atoms with Crippen molar-refractivity contribution in [3.05, 3.63) is 68.6 Å². The summed E-state index contributed by atoms with van der Waals surface area (Å²) in [7, 11) is 0. The van der Waals surface area contributed by atoms with Gasteiger partial charge in [-0.15, -0.1) is 0 Å². The molecule has 2 N–H and O–H groups in total. The standard InChI is InChI=1S/C15H10Br2F2N2O/c16-11-5-1-3-9(7-11)13-14(18,19)15(22,21-20-13)10-4-2-6-12(17)8-10/h1-8,21-22H. The second kappa shape index (κ2) is 5.40. The Morgan fingerprint density at radius 1 is 1.00 bits per heavy atom. The van der Waals surface area contributed by atoms with Crippen LogP contribution in [0.2, 0.25) is 0 Å². The minimum atomic E-state index is -3.59. The van der Waals surface area contributed by atoms with Gasteiger partial charge in [-0.3, -0.25) is 5.43 Å². The lowest BCUT2D eigenvalue weighted by Gasteiger charge is -2.30. The normalized spacial score (nSPS) is 23.0. The number of hydrogen-bond donors (Lipinski definition) is 2. The molecule has 0 aliphatic carbocycles. The van der Waals surface area contributed by atoms with Crippen molar-refractivity contribution in [1.82, 2.24) is 5.43 Å². The van der Waals surface area contributed by atoms with E-state index < -0.39 is 17.4 Å². The first-order chi connectivity index (χ1) is 10.3. The smallest absolute Gasteiger partial charge is 0.344 e. The number of hydrazone groups is 1. The highest BCUT2D eigenvalue weighted by Gasteiger charge is 2.62. The third-order valence-corrected chi connectivity index (χ3v) is 4.41. The van der Waals surface area contributed by atoms with Crippen molar-refractivity contribution in [1.29, 1.82) is 0 Å². The van der Waals surface area contributed by atoms with Gasteiger partial charge in [-0.2, -0.15) is 13.9 Å². The molecule has 0 aromatic heterocycles. The molecular formula is C15H10Br2F2N2O. The monoisotopic (exact) mass is 430 g/mol. The van der Waals surface area contributed by atoms with Gasteiger partial charge in [-0.1, -0.05) is 56.1 Å². The van der Waals surface area contributed by atoms with Gasteiger partial charge in [0.15, 0.2) is 0 Å². The van der Waals surface area contributed by atoms with E-state index in [-0.39, 0.29) is 11.1 Å². The minimum absolute atomic E-state index is 0.0284. The van der Waals surface area contributed by atoms with E-state index in [0.29, 0.717) is 8.95 Å². The fraction of sp³-hybridized carbons (Fsp3) is 0.133. The predicted molar refractivity (Wildman–Crippen MR) is 86.8 cm³/mol. The van der Waals surface area contributed by atoms with E-state index in [9.17, 15) is 13.9 Å². The molecule has 3 rings (SSSR count). The van der Waals surface area contributed by atoms with Crippen LogP contribution in [0.25, 0.3) is 0 Å². The van der Waals surface area contributed by atoms with Crippen LogP contribution in [0.3, 0.4) is 0 Å². The predicted octanol–water partition coefficient (Wildman–Crippen LogP) is 4.00. The first kappa shape index (κ1) is 15.6. The highest BCUT2D eigenvalue weighted by atomic mass is 79.9. The Hall–Kier alpha value is -1.31. The van der Waals surface area contributed by atoms with Gasteiger partial charge in [0.25, 0.3) is 0 Å². The fourth-order valence-corrected chi connectivity index (χ4v) is 3.09. The Kier molecular flexibility index (Phi) is 3.82. The molecule has 2 aromatic rings. The van der Waals surface area contributed by atoms with Crippen LogP contribution in [0.15, 0.2) is 62.6 Å². The Bertz CT molecular complexity index is 767. The second-order valence-corrected chi connectivity index (χ2v) is 6.71. The topological polar surface area (TPSA) is 44.6 Å². The summed E-state index contributed by atoms with van der Waals surface area (Å²) in [5.41, 5.74) is -0.638. The van der Waals surface area contributed by atoms with Crippen molar-refractivity contribution in [3.63, 3.8) is 0 Å². The highest BCUT2D eigenvalue weighted by molar-refractivity contribution is 9.10. The molecule has 0 fully saturated rings. The molecule has 1 unspecified atom stereocenters. The third kappa shape index (κ3) is 2.37. The number of benzene rings is 2. The van der Waals surface area contributed by atoms with Crippen LogP contribution in [0.5, 0.6) is 0 Å². The van der Waals surface area contributed by atoms with Gasteiger partial charge in [0.05, 0.1) is 0 Å². The average molecular weight is 432 g/mol. The summed E-state index contributed by atoms with van der Waals surface area (Å²) in [6.45, 7) is 0. The molecule has 22 heavy (non-hydrogen) atoms. The first-order valence-corrected chi connectivity index (χ1v) is 7.91. The van der Waals surface area contributed by atoms with Crippen molar-refractivity contribution in [2.45, 2.75) is 11.6 Å². The van der Waals surface area contributed by atoms with E-state index in [1.807, 2.05) is 0 Å². The molecule has 0 saturated carbocycles. The molecule has 0 amide bonds. The lowest BCUT2D eigenvalue weighted by Crippen LogP contribution is -2.52. The number of aliphatic hydroxyl groups is 1. The molecule has 2 aromatic carbocycles. The second-order valence-electron chi connectivity index (χ2n) is 4.88. The Morgan fingerprint density at radius 3 is 2.27 bits per heavy atom. The van der Waals surface area contributed by atoms with Crippen molar-refractivity contribution < 1.29 is 13.9 Å². The van der Waals surface area contributed by atoms with Crippen LogP contribution >= 0.6 is 31.9 Å². The van der Waals surface area contributed by atoms with Crippen molar-refractivity contribution >= 4 is 37.6 Å². The molecule has 1 heterocycles. The van der Waals surface area contributed by atoms with E-state index in [1.54, 1.807) is 24.3 Å². The van der Waals surface area contributed by atoms with Crippen molar-refractivity contribution in [3.8, 4) is 0 Å². The summed E-state index contributed by atoms with van der Waals surface area (Å²) < 4.78 is 30.9. The minimum Gasteiger partial charge on any atom is -0.361 e. The quantitative estimate of drug-likeness (QED) is 0.754. The molecule has 0 radical (unpaired) electrons. The molecular weight excluding hydrogens is 422 g/mol. The Labute approximate surface area is 142 Å². The van der Waals surface area contributed by atoms with Gasteiger partial charge in [0.1, 0.15) is 5.71 Å². The summed E-state index contributed by atoms with van der Waals surface area (Å²) in [4.78, 5) is 0. The van der Waals surface area contributed by atoms with Gasteiger partial charge >= 0.3 is 5.92 Å². The number of halogens is 4. The van der Waals surface area contributed by atoms with E-state index in [1.165, 1.54) is 24.3 Å². The largest absolute Gasteiger partial charge is 0.361 e. The number of rotatable bonds is 2. The zero-order chi connectivity index (χ0) is 16.0. The Balaban J connectivity index is 2.06. The van der Waals surface area contributed by atoms with Crippen molar-refractivity contribution in [2.75, 3.05) is 0 Å². The molecule has 1 atom stereocenters. The lowest BCUT2D eigenvalue weighted by molar-refractivity contribution is -0.150. The van der Waals surface area contributed by atoms with Gasteiger partial charge in [0.2, 0.25) is 5.72 Å². The van der Waals surface area contributed by atoms with Crippen LogP contribution in [0, 0.1) is 0 Å². The summed E-state index contributed by atoms with van der Waals surface area (Å²) in [5, 5.41) is 14.2. The van der Waals surface area contributed by atoms with E-state index in [0.717, 1.165) is 0 Å². The summed E-state index contributed by atoms with van der Waals surface area (Å²) in [5.74, 6) is -3.59. The molecule has 0 spiro atoms. The van der Waals surface area contributed by atoms with Gasteiger partial charge in [-0.05, 0) is 24.3 Å². The maximum atomic E-state index is 14.8. The van der Waals surface area contributed by atoms with Gasteiger partial charge in [-0.25, -0.2) is 0 Å². The number of nitrogens with zero attached hydrogens (tertiary/aromatic N) is 1. The molecule has 7 heteroatoms. The number of hydrogen-bond acceptors (Lipinski definition) is 3. The van der Waals surface area contributed by atoms with Gasteiger partial charge < -0.3 is 5.11 Å².